The summed E-state index contributed by atoms with van der Waals surface area (Å²) in [5.74, 6) is -0.221. The Balaban J connectivity index is 4.60. The number of rotatable bonds is 33. The highest BCUT2D eigenvalue weighted by molar-refractivity contribution is 7.45. The number of phosphoric ester groups is 1. The van der Waals surface area contributed by atoms with Crippen LogP contribution in [0.5, 0.6) is 0 Å². The van der Waals surface area contributed by atoms with Crippen LogP contribution < -0.4 is 10.2 Å². The first kappa shape index (κ1) is 45.7. The van der Waals surface area contributed by atoms with Gasteiger partial charge in [-0.1, -0.05) is 121 Å². The standard InChI is InChI=1S/C38H73N2O6P/c1-6-8-10-12-14-16-18-19-20-22-24-26-28-30-32-38(42)39-36(35-46-47(43,44)45-34-33-40(3,4)5)37(41)31-29-27-25-23-21-17-15-13-11-9-7-2/h18-19,21,23,29,31,36-37,41H,6-17,20,22,24-28,30,32-35H2,1-5H3,(H-,39,42,43,44)/b19-18+,23-21+,31-29+/t36-,37+/m0/s1. The lowest BCUT2D eigenvalue weighted by Crippen LogP contribution is -2.45. The summed E-state index contributed by atoms with van der Waals surface area (Å²) in [5.41, 5.74) is 0. The predicted octanol–water partition coefficient (Wildman–Crippen LogP) is 8.94. The summed E-state index contributed by atoms with van der Waals surface area (Å²) in [5, 5.41) is 13.6. The van der Waals surface area contributed by atoms with Crippen molar-refractivity contribution in [3.05, 3.63) is 36.5 Å². The number of phosphoric acid groups is 1. The van der Waals surface area contributed by atoms with Crippen LogP contribution in [0.4, 0.5) is 0 Å². The molecule has 0 bridgehead atoms. The highest BCUT2D eigenvalue weighted by Gasteiger charge is 2.23. The molecule has 0 aromatic carbocycles. The minimum atomic E-state index is -4.59. The molecule has 276 valence electrons. The Morgan fingerprint density at radius 1 is 0.723 bits per heavy atom. The van der Waals surface area contributed by atoms with Gasteiger partial charge < -0.3 is 28.8 Å². The average molecular weight is 685 g/mol. The molecule has 0 radical (unpaired) electrons. The van der Waals surface area contributed by atoms with E-state index in [0.29, 0.717) is 17.4 Å². The SMILES string of the molecule is CCCCCCC/C=C/CC/C=C/[C@@H](O)[C@H](COP(=O)([O-])OCC[N+](C)(C)C)NC(=O)CCCCCCC/C=C/CCCCCCC. The van der Waals surface area contributed by atoms with Gasteiger partial charge in [0.25, 0.3) is 7.82 Å². The number of nitrogens with one attached hydrogen (secondary N) is 1. The zero-order valence-corrected chi connectivity index (χ0v) is 31.9. The number of aliphatic hydroxyl groups is 1. The van der Waals surface area contributed by atoms with Gasteiger partial charge in [0.1, 0.15) is 13.2 Å². The van der Waals surface area contributed by atoms with Crippen LogP contribution in [0.1, 0.15) is 149 Å². The molecule has 0 fully saturated rings. The summed E-state index contributed by atoms with van der Waals surface area (Å²) < 4.78 is 23.0. The number of unbranched alkanes of at least 4 members (excludes halogenated alkanes) is 16. The fraction of sp³-hybridized carbons (Fsp3) is 0.816. The molecule has 0 aliphatic rings. The van der Waals surface area contributed by atoms with Gasteiger partial charge in [-0.05, 0) is 57.8 Å². The molecule has 0 aliphatic heterocycles. The first-order valence-electron chi connectivity index (χ1n) is 18.9. The molecule has 9 heteroatoms. The minimum Gasteiger partial charge on any atom is -0.756 e. The third-order valence-electron chi connectivity index (χ3n) is 8.07. The Bertz CT molecular complexity index is 871. The van der Waals surface area contributed by atoms with Crippen molar-refractivity contribution in [1.82, 2.24) is 5.32 Å². The second-order valence-electron chi connectivity index (χ2n) is 13.9. The molecule has 0 heterocycles. The topological polar surface area (TPSA) is 108 Å². The molecular formula is C38H73N2O6P. The molecule has 1 unspecified atom stereocenters. The van der Waals surface area contributed by atoms with E-state index in [1.165, 1.54) is 70.6 Å². The first-order chi connectivity index (χ1) is 22.5. The van der Waals surface area contributed by atoms with Gasteiger partial charge in [0.15, 0.2) is 0 Å². The zero-order chi connectivity index (χ0) is 35.1. The summed E-state index contributed by atoms with van der Waals surface area (Å²) in [6.07, 6.45) is 34.7. The van der Waals surface area contributed by atoms with E-state index in [0.717, 1.165) is 57.8 Å². The van der Waals surface area contributed by atoms with Gasteiger partial charge in [0.2, 0.25) is 5.91 Å². The highest BCUT2D eigenvalue weighted by Crippen LogP contribution is 2.38. The van der Waals surface area contributed by atoms with E-state index in [2.05, 4.69) is 43.5 Å². The van der Waals surface area contributed by atoms with Crippen molar-refractivity contribution in [1.29, 1.82) is 0 Å². The quantitative estimate of drug-likeness (QED) is 0.0309. The number of likely N-dealkylation sites (N-methyl/N-ethyl adjacent to an activating group) is 1. The maximum absolute atomic E-state index is 12.7. The van der Waals surface area contributed by atoms with E-state index in [9.17, 15) is 19.4 Å². The van der Waals surface area contributed by atoms with Crippen LogP contribution in [-0.4, -0.2) is 68.5 Å². The van der Waals surface area contributed by atoms with Crippen molar-refractivity contribution in [2.75, 3.05) is 40.9 Å². The van der Waals surface area contributed by atoms with Crippen molar-refractivity contribution < 1.29 is 32.9 Å². The van der Waals surface area contributed by atoms with E-state index in [-0.39, 0.29) is 12.5 Å². The van der Waals surface area contributed by atoms with Gasteiger partial charge >= 0.3 is 0 Å². The van der Waals surface area contributed by atoms with Crippen molar-refractivity contribution in [2.45, 2.75) is 161 Å². The molecule has 0 saturated carbocycles. The summed E-state index contributed by atoms with van der Waals surface area (Å²) >= 11 is 0. The minimum absolute atomic E-state index is 0.00850. The van der Waals surface area contributed by atoms with Crippen LogP contribution in [0, 0.1) is 0 Å². The second kappa shape index (κ2) is 30.8. The Kier molecular flexibility index (Phi) is 29.9. The zero-order valence-electron chi connectivity index (χ0n) is 31.0. The molecule has 0 saturated heterocycles. The number of nitrogens with zero attached hydrogens (tertiary/aromatic N) is 1. The lowest BCUT2D eigenvalue weighted by atomic mass is 10.1. The Morgan fingerprint density at radius 3 is 1.72 bits per heavy atom. The number of allylic oxidation sites excluding steroid dienone is 5. The molecule has 0 rings (SSSR count). The fourth-order valence-electron chi connectivity index (χ4n) is 4.98. The fourth-order valence-corrected chi connectivity index (χ4v) is 5.71. The third-order valence-corrected chi connectivity index (χ3v) is 9.04. The molecule has 1 amide bonds. The van der Waals surface area contributed by atoms with Crippen LogP contribution in [0.15, 0.2) is 36.5 Å². The summed E-state index contributed by atoms with van der Waals surface area (Å²) in [7, 11) is 1.23. The van der Waals surface area contributed by atoms with E-state index < -0.39 is 26.6 Å². The molecule has 47 heavy (non-hydrogen) atoms. The molecule has 3 atom stereocenters. The number of hydrogen-bond acceptors (Lipinski definition) is 6. The Morgan fingerprint density at radius 2 is 1.19 bits per heavy atom. The molecule has 8 nitrogen and oxygen atoms in total. The summed E-state index contributed by atoms with van der Waals surface area (Å²) in [4.78, 5) is 25.1. The lowest BCUT2D eigenvalue weighted by Gasteiger charge is -2.29. The molecule has 0 aliphatic carbocycles. The van der Waals surface area contributed by atoms with Crippen LogP contribution >= 0.6 is 7.82 Å². The van der Waals surface area contributed by atoms with Gasteiger partial charge in [-0.3, -0.25) is 9.36 Å². The molecule has 0 aromatic rings. The number of quaternary nitrogens is 1. The van der Waals surface area contributed by atoms with Gasteiger partial charge in [0, 0.05) is 6.42 Å². The smallest absolute Gasteiger partial charge is 0.268 e. The normalized spacial score (nSPS) is 15.1. The molecular weight excluding hydrogens is 611 g/mol. The number of carbonyl (C=O) groups is 1. The van der Waals surface area contributed by atoms with Gasteiger partial charge in [-0.25, -0.2) is 0 Å². The first-order valence-corrected chi connectivity index (χ1v) is 20.3. The largest absolute Gasteiger partial charge is 0.756 e. The van der Waals surface area contributed by atoms with Crippen molar-refractivity contribution >= 4 is 13.7 Å². The van der Waals surface area contributed by atoms with Crippen molar-refractivity contribution in [3.63, 3.8) is 0 Å². The summed E-state index contributed by atoms with van der Waals surface area (Å²) in [6.45, 7) is 4.55. The molecule has 0 aromatic heterocycles. The van der Waals surface area contributed by atoms with E-state index in [1.54, 1.807) is 6.08 Å². The maximum Gasteiger partial charge on any atom is 0.268 e. The van der Waals surface area contributed by atoms with Crippen LogP contribution in [0.2, 0.25) is 0 Å². The lowest BCUT2D eigenvalue weighted by molar-refractivity contribution is -0.870. The number of carbonyl (C=O) groups excluding carboxylic acids is 1. The Labute approximate surface area is 289 Å². The highest BCUT2D eigenvalue weighted by atomic mass is 31.2. The van der Waals surface area contributed by atoms with E-state index in [4.69, 9.17) is 9.05 Å². The van der Waals surface area contributed by atoms with E-state index in [1.807, 2.05) is 27.2 Å². The average Bonchev–Trinajstić information content (AvgIpc) is 3.01. The maximum atomic E-state index is 12.7. The summed E-state index contributed by atoms with van der Waals surface area (Å²) in [6, 6.07) is -0.903. The van der Waals surface area contributed by atoms with Crippen molar-refractivity contribution in [2.24, 2.45) is 0 Å². The predicted molar refractivity (Wildman–Crippen MR) is 196 cm³/mol. The second-order valence-corrected chi connectivity index (χ2v) is 15.3. The Hall–Kier alpha value is -1.28. The van der Waals surface area contributed by atoms with Gasteiger partial charge in [-0.2, -0.15) is 0 Å². The molecule has 2 N–H and O–H groups in total. The van der Waals surface area contributed by atoms with Gasteiger partial charge in [0.05, 0.1) is 39.9 Å². The van der Waals surface area contributed by atoms with Crippen LogP contribution in [0.25, 0.3) is 0 Å². The van der Waals surface area contributed by atoms with E-state index >= 15 is 0 Å². The number of amides is 1. The molecule has 0 spiro atoms. The van der Waals surface area contributed by atoms with Crippen molar-refractivity contribution in [3.8, 4) is 0 Å². The van der Waals surface area contributed by atoms with Crippen LogP contribution in [0.3, 0.4) is 0 Å². The monoisotopic (exact) mass is 685 g/mol. The number of hydrogen-bond donors (Lipinski definition) is 2. The number of aliphatic hydroxyl groups excluding tert-OH is 1. The van der Waals surface area contributed by atoms with Crippen LogP contribution in [-0.2, 0) is 18.4 Å². The van der Waals surface area contributed by atoms with Gasteiger partial charge in [-0.15, -0.1) is 0 Å². The third kappa shape index (κ3) is 33.0.